The molecule has 0 bridgehead atoms. The lowest BCUT2D eigenvalue weighted by Crippen LogP contribution is -2.15. The van der Waals surface area contributed by atoms with Gasteiger partial charge in [0.25, 0.3) is 0 Å². The Bertz CT molecular complexity index is 491. The Morgan fingerprint density at radius 1 is 1.11 bits per heavy atom. The Morgan fingerprint density at radius 2 is 2.00 bits per heavy atom. The number of rotatable bonds is 5. The molecule has 0 fully saturated rings. The standard InChI is InChI=1S/C15H19N3/c1-3-13-5-4-8-17-15(13)11-16-10-14-7-6-12(2)9-18-14/h4-9,16H,3,10-11H2,1-2H3. The van der Waals surface area contributed by atoms with Crippen LogP contribution in [0.1, 0.15) is 29.4 Å². The predicted octanol–water partition coefficient (Wildman–Crippen LogP) is 2.64. The molecule has 0 radical (unpaired) electrons. The first-order valence-corrected chi connectivity index (χ1v) is 6.34. The molecular formula is C15H19N3. The fourth-order valence-corrected chi connectivity index (χ4v) is 1.86. The van der Waals surface area contributed by atoms with E-state index in [1.165, 1.54) is 11.1 Å². The quantitative estimate of drug-likeness (QED) is 0.874. The fourth-order valence-electron chi connectivity index (χ4n) is 1.86. The summed E-state index contributed by atoms with van der Waals surface area (Å²) >= 11 is 0. The highest BCUT2D eigenvalue weighted by molar-refractivity contribution is 5.19. The van der Waals surface area contributed by atoms with Crippen molar-refractivity contribution >= 4 is 0 Å². The minimum Gasteiger partial charge on any atom is -0.305 e. The van der Waals surface area contributed by atoms with Gasteiger partial charge in [-0.25, -0.2) is 0 Å². The van der Waals surface area contributed by atoms with Crippen LogP contribution >= 0.6 is 0 Å². The summed E-state index contributed by atoms with van der Waals surface area (Å²) in [6.45, 7) is 5.77. The molecule has 1 N–H and O–H groups in total. The summed E-state index contributed by atoms with van der Waals surface area (Å²) in [7, 11) is 0. The van der Waals surface area contributed by atoms with Crippen LogP contribution in [-0.4, -0.2) is 9.97 Å². The second-order valence-electron chi connectivity index (χ2n) is 4.39. The Balaban J connectivity index is 1.90. The molecule has 18 heavy (non-hydrogen) atoms. The lowest BCUT2D eigenvalue weighted by molar-refractivity contribution is 0.661. The number of pyridine rings is 2. The molecule has 0 aliphatic rings. The summed E-state index contributed by atoms with van der Waals surface area (Å²) in [6.07, 6.45) is 4.77. The van der Waals surface area contributed by atoms with E-state index < -0.39 is 0 Å². The van der Waals surface area contributed by atoms with Crippen molar-refractivity contribution < 1.29 is 0 Å². The molecule has 0 spiro atoms. The molecule has 3 heteroatoms. The van der Waals surface area contributed by atoms with E-state index in [0.29, 0.717) is 0 Å². The predicted molar refractivity (Wildman–Crippen MR) is 73.1 cm³/mol. The van der Waals surface area contributed by atoms with Gasteiger partial charge in [0.1, 0.15) is 0 Å². The zero-order chi connectivity index (χ0) is 12.8. The molecule has 3 nitrogen and oxygen atoms in total. The first kappa shape index (κ1) is 12.7. The number of aryl methyl sites for hydroxylation is 2. The minimum absolute atomic E-state index is 0.778. The average Bonchev–Trinajstić information content (AvgIpc) is 2.41. The molecule has 0 aliphatic heterocycles. The molecule has 2 aromatic heterocycles. The second-order valence-corrected chi connectivity index (χ2v) is 4.39. The van der Waals surface area contributed by atoms with Crippen LogP contribution in [-0.2, 0) is 19.5 Å². The Kier molecular flexibility index (Phi) is 4.42. The molecule has 0 saturated carbocycles. The SMILES string of the molecule is CCc1cccnc1CNCc1ccc(C)cn1. The van der Waals surface area contributed by atoms with Crippen LogP contribution in [0.4, 0.5) is 0 Å². The maximum atomic E-state index is 4.41. The van der Waals surface area contributed by atoms with Gasteiger partial charge in [0.2, 0.25) is 0 Å². The van der Waals surface area contributed by atoms with E-state index in [0.717, 1.165) is 30.9 Å². The highest BCUT2D eigenvalue weighted by atomic mass is 14.9. The zero-order valence-electron chi connectivity index (χ0n) is 11.0. The molecule has 0 aliphatic carbocycles. The molecule has 0 aromatic carbocycles. The van der Waals surface area contributed by atoms with E-state index >= 15 is 0 Å². The summed E-state index contributed by atoms with van der Waals surface area (Å²) in [6, 6.07) is 8.27. The third kappa shape index (κ3) is 3.37. The Morgan fingerprint density at radius 3 is 2.72 bits per heavy atom. The number of hydrogen-bond acceptors (Lipinski definition) is 3. The molecule has 0 amide bonds. The third-order valence-electron chi connectivity index (χ3n) is 2.94. The van der Waals surface area contributed by atoms with Gasteiger partial charge in [0.05, 0.1) is 11.4 Å². The second kappa shape index (κ2) is 6.26. The number of nitrogens with zero attached hydrogens (tertiary/aromatic N) is 2. The van der Waals surface area contributed by atoms with E-state index in [1.54, 1.807) is 0 Å². The van der Waals surface area contributed by atoms with Crippen molar-refractivity contribution in [3.8, 4) is 0 Å². The third-order valence-corrected chi connectivity index (χ3v) is 2.94. The summed E-state index contributed by atoms with van der Waals surface area (Å²) in [5.74, 6) is 0. The van der Waals surface area contributed by atoms with Crippen LogP contribution in [0.3, 0.4) is 0 Å². The molecular weight excluding hydrogens is 222 g/mol. The van der Waals surface area contributed by atoms with E-state index in [2.05, 4.69) is 40.4 Å². The van der Waals surface area contributed by atoms with E-state index in [4.69, 9.17) is 0 Å². The lowest BCUT2D eigenvalue weighted by atomic mass is 10.1. The Labute approximate surface area is 108 Å². The van der Waals surface area contributed by atoms with E-state index in [-0.39, 0.29) is 0 Å². The van der Waals surface area contributed by atoms with Crippen LogP contribution in [0.25, 0.3) is 0 Å². The monoisotopic (exact) mass is 241 g/mol. The van der Waals surface area contributed by atoms with Gasteiger partial charge in [-0.2, -0.15) is 0 Å². The van der Waals surface area contributed by atoms with Gasteiger partial charge < -0.3 is 5.32 Å². The fraction of sp³-hybridized carbons (Fsp3) is 0.333. The van der Waals surface area contributed by atoms with Crippen molar-refractivity contribution in [1.82, 2.24) is 15.3 Å². The van der Waals surface area contributed by atoms with Crippen LogP contribution in [0.2, 0.25) is 0 Å². The van der Waals surface area contributed by atoms with Crippen molar-refractivity contribution in [3.63, 3.8) is 0 Å². The highest BCUT2D eigenvalue weighted by Crippen LogP contribution is 2.06. The smallest absolute Gasteiger partial charge is 0.0573 e. The Hall–Kier alpha value is -1.74. The molecule has 2 aromatic rings. The summed E-state index contributed by atoms with van der Waals surface area (Å²) in [5.41, 5.74) is 4.69. The van der Waals surface area contributed by atoms with Crippen LogP contribution in [0, 0.1) is 6.92 Å². The van der Waals surface area contributed by atoms with Crippen molar-refractivity contribution in [3.05, 3.63) is 59.2 Å². The molecule has 0 atom stereocenters. The van der Waals surface area contributed by atoms with Crippen molar-refractivity contribution in [1.29, 1.82) is 0 Å². The topological polar surface area (TPSA) is 37.8 Å². The maximum Gasteiger partial charge on any atom is 0.0573 e. The van der Waals surface area contributed by atoms with Crippen molar-refractivity contribution in [2.75, 3.05) is 0 Å². The van der Waals surface area contributed by atoms with Crippen molar-refractivity contribution in [2.24, 2.45) is 0 Å². The molecule has 2 heterocycles. The average molecular weight is 241 g/mol. The van der Waals surface area contributed by atoms with Crippen molar-refractivity contribution in [2.45, 2.75) is 33.4 Å². The molecule has 0 saturated heterocycles. The number of aromatic nitrogens is 2. The lowest BCUT2D eigenvalue weighted by Gasteiger charge is -2.08. The summed E-state index contributed by atoms with van der Waals surface area (Å²) in [5, 5.41) is 3.39. The van der Waals surface area contributed by atoms with Crippen LogP contribution in [0.5, 0.6) is 0 Å². The van der Waals surface area contributed by atoms with Gasteiger partial charge in [-0.15, -0.1) is 0 Å². The summed E-state index contributed by atoms with van der Waals surface area (Å²) < 4.78 is 0. The van der Waals surface area contributed by atoms with Gasteiger partial charge in [-0.1, -0.05) is 19.1 Å². The largest absolute Gasteiger partial charge is 0.305 e. The zero-order valence-corrected chi connectivity index (χ0v) is 11.0. The maximum absolute atomic E-state index is 4.41. The van der Waals surface area contributed by atoms with Crippen LogP contribution < -0.4 is 5.32 Å². The van der Waals surface area contributed by atoms with Gasteiger partial charge >= 0.3 is 0 Å². The van der Waals surface area contributed by atoms with E-state index in [9.17, 15) is 0 Å². The highest BCUT2D eigenvalue weighted by Gasteiger charge is 2.01. The summed E-state index contributed by atoms with van der Waals surface area (Å²) in [4.78, 5) is 8.78. The normalized spacial score (nSPS) is 10.6. The first-order valence-electron chi connectivity index (χ1n) is 6.34. The molecule has 0 unspecified atom stereocenters. The first-order chi connectivity index (χ1) is 8.79. The minimum atomic E-state index is 0.778. The van der Waals surface area contributed by atoms with Gasteiger partial charge in [0.15, 0.2) is 0 Å². The van der Waals surface area contributed by atoms with Gasteiger partial charge in [-0.05, 0) is 36.6 Å². The van der Waals surface area contributed by atoms with Gasteiger partial charge in [-0.3, -0.25) is 9.97 Å². The molecule has 2 rings (SSSR count). The molecule has 94 valence electrons. The number of nitrogens with one attached hydrogen (secondary N) is 1. The van der Waals surface area contributed by atoms with Gasteiger partial charge in [0, 0.05) is 25.5 Å². The van der Waals surface area contributed by atoms with Crippen LogP contribution in [0.15, 0.2) is 36.7 Å². The van der Waals surface area contributed by atoms with E-state index in [1.807, 2.05) is 25.4 Å². The number of hydrogen-bond donors (Lipinski definition) is 1.